The van der Waals surface area contributed by atoms with E-state index in [2.05, 4.69) is 5.32 Å². The predicted molar refractivity (Wildman–Crippen MR) is 103 cm³/mol. The van der Waals surface area contributed by atoms with Crippen LogP contribution in [0.5, 0.6) is 0 Å². The lowest BCUT2D eigenvalue weighted by Gasteiger charge is -2.26. The fourth-order valence-corrected chi connectivity index (χ4v) is 3.12. The summed E-state index contributed by atoms with van der Waals surface area (Å²) in [6, 6.07) is 13.6. The summed E-state index contributed by atoms with van der Waals surface area (Å²) in [7, 11) is 0. The SMILES string of the molecule is O=C(C=Cc1ccccc1F)NCc1cccc(C(=O)N2CCCCC2)c1. The monoisotopic (exact) mass is 366 g/mol. The Morgan fingerprint density at radius 2 is 1.81 bits per heavy atom. The lowest BCUT2D eigenvalue weighted by Crippen LogP contribution is -2.35. The minimum Gasteiger partial charge on any atom is -0.348 e. The fraction of sp³-hybridized carbons (Fsp3) is 0.273. The van der Waals surface area contributed by atoms with Crippen LogP contribution in [0.4, 0.5) is 4.39 Å². The number of carbonyl (C=O) groups excluding carboxylic acids is 2. The maximum atomic E-state index is 13.5. The average molecular weight is 366 g/mol. The first-order chi connectivity index (χ1) is 13.1. The molecule has 2 aromatic rings. The lowest BCUT2D eigenvalue weighted by molar-refractivity contribution is -0.116. The van der Waals surface area contributed by atoms with Gasteiger partial charge in [-0.1, -0.05) is 30.3 Å². The molecule has 1 saturated heterocycles. The number of benzene rings is 2. The molecular formula is C22H23FN2O2. The van der Waals surface area contributed by atoms with E-state index in [9.17, 15) is 14.0 Å². The summed E-state index contributed by atoms with van der Waals surface area (Å²) in [4.78, 5) is 26.4. The molecule has 2 aromatic carbocycles. The van der Waals surface area contributed by atoms with Crippen molar-refractivity contribution in [1.29, 1.82) is 0 Å². The predicted octanol–water partition coefficient (Wildman–Crippen LogP) is 3.78. The molecule has 3 rings (SSSR count). The highest BCUT2D eigenvalue weighted by Crippen LogP contribution is 2.14. The van der Waals surface area contributed by atoms with Gasteiger partial charge in [0.2, 0.25) is 5.91 Å². The third kappa shape index (κ3) is 5.26. The van der Waals surface area contributed by atoms with Crippen LogP contribution < -0.4 is 5.32 Å². The molecule has 1 aliphatic rings. The Morgan fingerprint density at radius 3 is 2.59 bits per heavy atom. The van der Waals surface area contributed by atoms with Gasteiger partial charge >= 0.3 is 0 Å². The molecular weight excluding hydrogens is 343 g/mol. The van der Waals surface area contributed by atoms with Crippen LogP contribution in [0.2, 0.25) is 0 Å². The zero-order chi connectivity index (χ0) is 19.1. The van der Waals surface area contributed by atoms with Gasteiger partial charge in [0.15, 0.2) is 0 Å². The second-order valence-electron chi connectivity index (χ2n) is 6.63. The van der Waals surface area contributed by atoms with E-state index in [4.69, 9.17) is 0 Å². The van der Waals surface area contributed by atoms with Crippen molar-refractivity contribution in [2.45, 2.75) is 25.8 Å². The van der Waals surface area contributed by atoms with Crippen molar-refractivity contribution in [2.24, 2.45) is 0 Å². The van der Waals surface area contributed by atoms with Gasteiger partial charge in [-0.25, -0.2) is 4.39 Å². The lowest BCUT2D eigenvalue weighted by atomic mass is 10.1. The van der Waals surface area contributed by atoms with Crippen LogP contribution in [0.1, 0.15) is 40.7 Å². The van der Waals surface area contributed by atoms with Crippen molar-refractivity contribution >= 4 is 17.9 Å². The van der Waals surface area contributed by atoms with E-state index in [1.165, 1.54) is 24.6 Å². The van der Waals surface area contributed by atoms with Gasteiger partial charge in [-0.3, -0.25) is 9.59 Å². The van der Waals surface area contributed by atoms with E-state index in [1.807, 2.05) is 23.1 Å². The van der Waals surface area contributed by atoms with Crippen LogP contribution >= 0.6 is 0 Å². The Bertz CT molecular complexity index is 842. The van der Waals surface area contributed by atoms with Crippen molar-refractivity contribution in [3.05, 3.63) is 77.1 Å². The maximum Gasteiger partial charge on any atom is 0.253 e. The molecule has 5 heteroatoms. The average Bonchev–Trinajstić information content (AvgIpc) is 2.72. The summed E-state index contributed by atoms with van der Waals surface area (Å²) >= 11 is 0. The number of halogens is 1. The van der Waals surface area contributed by atoms with E-state index in [0.717, 1.165) is 31.5 Å². The molecule has 0 saturated carbocycles. The summed E-state index contributed by atoms with van der Waals surface area (Å²) in [5.41, 5.74) is 1.86. The molecule has 4 nitrogen and oxygen atoms in total. The molecule has 27 heavy (non-hydrogen) atoms. The van der Waals surface area contributed by atoms with Gasteiger partial charge in [0.05, 0.1) is 0 Å². The number of hydrogen-bond acceptors (Lipinski definition) is 2. The Labute approximate surface area is 158 Å². The summed E-state index contributed by atoms with van der Waals surface area (Å²) in [6.07, 6.45) is 6.03. The standard InChI is InChI=1S/C22H23FN2O2/c23-20-10-3-2-8-18(20)11-12-21(26)24-16-17-7-6-9-19(15-17)22(27)25-13-4-1-5-14-25/h2-3,6-12,15H,1,4-5,13-14,16H2,(H,24,26). The minimum absolute atomic E-state index is 0.0438. The van der Waals surface area contributed by atoms with E-state index < -0.39 is 0 Å². The second-order valence-corrected chi connectivity index (χ2v) is 6.63. The Kier molecular flexibility index (Phi) is 6.36. The van der Waals surface area contributed by atoms with E-state index in [0.29, 0.717) is 17.7 Å². The molecule has 1 fully saturated rings. The quantitative estimate of drug-likeness (QED) is 0.819. The first kappa shape index (κ1) is 18.8. The number of likely N-dealkylation sites (tertiary alicyclic amines) is 1. The zero-order valence-corrected chi connectivity index (χ0v) is 15.2. The highest BCUT2D eigenvalue weighted by Gasteiger charge is 2.18. The van der Waals surface area contributed by atoms with E-state index in [1.54, 1.807) is 24.3 Å². The van der Waals surface area contributed by atoms with Gasteiger partial charge in [0.1, 0.15) is 5.82 Å². The molecule has 0 aliphatic carbocycles. The smallest absolute Gasteiger partial charge is 0.253 e. The number of nitrogens with one attached hydrogen (secondary N) is 1. The minimum atomic E-state index is -0.370. The molecule has 0 unspecified atom stereocenters. The first-order valence-corrected chi connectivity index (χ1v) is 9.22. The number of amides is 2. The van der Waals surface area contributed by atoms with Crippen molar-refractivity contribution in [3.8, 4) is 0 Å². The number of rotatable bonds is 5. The summed E-state index contributed by atoms with van der Waals surface area (Å²) in [5.74, 6) is -0.640. The van der Waals surface area contributed by atoms with Crippen LogP contribution in [0.25, 0.3) is 6.08 Å². The number of carbonyl (C=O) groups is 2. The van der Waals surface area contributed by atoms with Gasteiger partial charge in [0, 0.05) is 36.8 Å². The van der Waals surface area contributed by atoms with Gasteiger partial charge in [-0.2, -0.15) is 0 Å². The molecule has 0 radical (unpaired) electrons. The van der Waals surface area contributed by atoms with Crippen molar-refractivity contribution < 1.29 is 14.0 Å². The maximum absolute atomic E-state index is 13.5. The van der Waals surface area contributed by atoms with Gasteiger partial charge in [-0.15, -0.1) is 0 Å². The van der Waals surface area contributed by atoms with Crippen molar-refractivity contribution in [3.63, 3.8) is 0 Å². The van der Waals surface area contributed by atoms with E-state index in [-0.39, 0.29) is 17.6 Å². The van der Waals surface area contributed by atoms with Gasteiger partial charge in [-0.05, 0) is 49.1 Å². The van der Waals surface area contributed by atoms with Crippen LogP contribution in [0, 0.1) is 5.82 Å². The molecule has 1 aliphatic heterocycles. The summed E-state index contributed by atoms with van der Waals surface area (Å²) < 4.78 is 13.5. The van der Waals surface area contributed by atoms with Crippen molar-refractivity contribution in [1.82, 2.24) is 10.2 Å². The fourth-order valence-electron chi connectivity index (χ4n) is 3.12. The first-order valence-electron chi connectivity index (χ1n) is 9.22. The topological polar surface area (TPSA) is 49.4 Å². The molecule has 1 N–H and O–H groups in total. The van der Waals surface area contributed by atoms with Crippen molar-refractivity contribution in [2.75, 3.05) is 13.1 Å². The Hall–Kier alpha value is -2.95. The van der Waals surface area contributed by atoms with Crippen LogP contribution in [0.15, 0.2) is 54.6 Å². The van der Waals surface area contributed by atoms with Crippen LogP contribution in [-0.4, -0.2) is 29.8 Å². The van der Waals surface area contributed by atoms with Crippen LogP contribution in [0.3, 0.4) is 0 Å². The summed E-state index contributed by atoms with van der Waals surface area (Å²) in [6.45, 7) is 1.92. The second kappa shape index (κ2) is 9.12. The van der Waals surface area contributed by atoms with Gasteiger partial charge < -0.3 is 10.2 Å². The Balaban J connectivity index is 1.57. The number of hydrogen-bond donors (Lipinski definition) is 1. The molecule has 0 aromatic heterocycles. The highest BCUT2D eigenvalue weighted by atomic mass is 19.1. The zero-order valence-electron chi connectivity index (χ0n) is 15.2. The van der Waals surface area contributed by atoms with E-state index >= 15 is 0 Å². The highest BCUT2D eigenvalue weighted by molar-refractivity contribution is 5.94. The molecule has 0 bridgehead atoms. The molecule has 140 valence electrons. The molecule has 0 atom stereocenters. The normalized spacial score (nSPS) is 14.3. The number of piperidine rings is 1. The molecule has 2 amide bonds. The molecule has 1 heterocycles. The Morgan fingerprint density at radius 1 is 1.04 bits per heavy atom. The van der Waals surface area contributed by atoms with Crippen LogP contribution in [-0.2, 0) is 11.3 Å². The molecule has 0 spiro atoms. The third-order valence-electron chi connectivity index (χ3n) is 4.60. The third-order valence-corrected chi connectivity index (χ3v) is 4.60. The largest absolute Gasteiger partial charge is 0.348 e. The number of nitrogens with zero attached hydrogens (tertiary/aromatic N) is 1. The summed E-state index contributed by atoms with van der Waals surface area (Å²) in [5, 5.41) is 2.76. The van der Waals surface area contributed by atoms with Gasteiger partial charge in [0.25, 0.3) is 5.91 Å².